The smallest absolute Gasteiger partial charge is 0.251 e. The molecule has 7 heteroatoms. The van der Waals surface area contributed by atoms with Crippen LogP contribution in [-0.4, -0.2) is 23.0 Å². The third-order valence-electron chi connectivity index (χ3n) is 5.52. The summed E-state index contributed by atoms with van der Waals surface area (Å²) >= 11 is 11.9. The molecule has 30 heavy (non-hydrogen) atoms. The molecule has 2 N–H and O–H groups in total. The maximum Gasteiger partial charge on any atom is 0.251 e. The number of rotatable bonds is 4. The molecule has 0 spiro atoms. The summed E-state index contributed by atoms with van der Waals surface area (Å²) < 4.78 is 0. The van der Waals surface area contributed by atoms with Gasteiger partial charge in [-0.3, -0.25) is 4.79 Å². The number of aromatic nitrogens is 1. The highest BCUT2D eigenvalue weighted by Gasteiger charge is 2.23. The van der Waals surface area contributed by atoms with E-state index in [1.54, 1.807) is 18.2 Å². The van der Waals surface area contributed by atoms with Crippen molar-refractivity contribution in [2.24, 2.45) is 0 Å². The molecule has 1 amide bonds. The molecule has 158 valence electrons. The van der Waals surface area contributed by atoms with Crippen molar-refractivity contribution in [2.75, 3.05) is 5.32 Å². The number of hydrogen-bond donors (Lipinski definition) is 2. The van der Waals surface area contributed by atoms with Crippen LogP contribution in [0.3, 0.4) is 0 Å². The van der Waals surface area contributed by atoms with E-state index in [4.69, 9.17) is 28.2 Å². The molecule has 0 bridgehead atoms. The Morgan fingerprint density at radius 1 is 0.967 bits per heavy atom. The van der Waals surface area contributed by atoms with Crippen LogP contribution in [0, 0.1) is 6.92 Å². The number of nitrogens with one attached hydrogen (secondary N) is 2. The Kier molecular flexibility index (Phi) is 7.45. The second-order valence-electron chi connectivity index (χ2n) is 7.64. The normalized spacial score (nSPS) is 18.5. The van der Waals surface area contributed by atoms with Crippen molar-refractivity contribution in [1.29, 1.82) is 0 Å². The van der Waals surface area contributed by atoms with E-state index in [1.807, 2.05) is 18.2 Å². The summed E-state index contributed by atoms with van der Waals surface area (Å²) in [6, 6.07) is 15.8. The van der Waals surface area contributed by atoms with Gasteiger partial charge in [-0.1, -0.05) is 41.4 Å². The first-order valence-electron chi connectivity index (χ1n) is 9.88. The molecule has 1 aliphatic carbocycles. The van der Waals surface area contributed by atoms with Gasteiger partial charge in [0.2, 0.25) is 0 Å². The van der Waals surface area contributed by atoms with E-state index in [9.17, 15) is 4.79 Å². The zero-order valence-electron chi connectivity index (χ0n) is 16.6. The van der Waals surface area contributed by atoms with Gasteiger partial charge < -0.3 is 10.6 Å². The van der Waals surface area contributed by atoms with Crippen molar-refractivity contribution in [3.8, 4) is 0 Å². The van der Waals surface area contributed by atoms with Crippen molar-refractivity contribution in [3.05, 3.63) is 69.7 Å². The molecule has 1 heterocycles. The Bertz CT molecular complexity index is 1050. The summed E-state index contributed by atoms with van der Waals surface area (Å²) in [4.78, 5) is 17.2. The molecule has 0 atom stereocenters. The number of amides is 1. The second kappa shape index (κ2) is 9.86. The SMILES string of the molecule is Cc1cc(N[C@H]2CC[C@@H](NC(=O)c3ccc(Cl)c(Cl)c3)CC2)nc2ccccc12.Cl. The molecule has 1 fully saturated rings. The molecule has 0 unspecified atom stereocenters. The number of carbonyl (C=O) groups is 1. The standard InChI is InChI=1S/C23H23Cl2N3O.ClH/c1-14-12-22(28-21-5-3-2-4-18(14)21)26-16-7-9-17(10-8-16)27-23(29)15-6-11-19(24)20(25)13-15;/h2-6,11-13,16-17H,7-10H2,1H3,(H,26,28)(H,27,29);1H/t16-,17+;. The highest BCUT2D eigenvalue weighted by Crippen LogP contribution is 2.26. The van der Waals surface area contributed by atoms with Crippen LogP contribution in [0.4, 0.5) is 5.82 Å². The lowest BCUT2D eigenvalue weighted by atomic mass is 9.91. The number of halogens is 3. The summed E-state index contributed by atoms with van der Waals surface area (Å²) in [5, 5.41) is 8.72. The topological polar surface area (TPSA) is 54.0 Å². The van der Waals surface area contributed by atoms with Gasteiger partial charge in [0.05, 0.1) is 15.6 Å². The number of nitrogens with zero attached hydrogens (tertiary/aromatic N) is 1. The highest BCUT2D eigenvalue weighted by atomic mass is 35.5. The monoisotopic (exact) mass is 463 g/mol. The minimum Gasteiger partial charge on any atom is -0.367 e. The molecule has 4 nitrogen and oxygen atoms in total. The zero-order valence-corrected chi connectivity index (χ0v) is 18.9. The van der Waals surface area contributed by atoms with Crippen molar-refractivity contribution in [1.82, 2.24) is 10.3 Å². The van der Waals surface area contributed by atoms with Crippen LogP contribution in [0.1, 0.15) is 41.6 Å². The molecular weight excluding hydrogens is 441 g/mol. The molecule has 0 radical (unpaired) electrons. The molecular formula is C23H24Cl3N3O. The number of benzene rings is 2. The lowest BCUT2D eigenvalue weighted by Crippen LogP contribution is -2.40. The third kappa shape index (κ3) is 5.18. The quantitative estimate of drug-likeness (QED) is 0.468. The van der Waals surface area contributed by atoms with E-state index < -0.39 is 0 Å². The highest BCUT2D eigenvalue weighted by molar-refractivity contribution is 6.42. The van der Waals surface area contributed by atoms with Crippen LogP contribution in [0.2, 0.25) is 10.0 Å². The fourth-order valence-electron chi connectivity index (χ4n) is 3.92. The van der Waals surface area contributed by atoms with E-state index in [0.717, 1.165) is 37.0 Å². The Morgan fingerprint density at radius 3 is 2.40 bits per heavy atom. The molecule has 0 saturated heterocycles. The van der Waals surface area contributed by atoms with Gasteiger partial charge in [0.15, 0.2) is 0 Å². The van der Waals surface area contributed by atoms with Crippen LogP contribution in [0.15, 0.2) is 48.5 Å². The van der Waals surface area contributed by atoms with Gasteiger partial charge in [0.1, 0.15) is 5.82 Å². The van der Waals surface area contributed by atoms with Crippen LogP contribution in [-0.2, 0) is 0 Å². The number of fused-ring (bicyclic) bond motifs is 1. The average molecular weight is 465 g/mol. The summed E-state index contributed by atoms with van der Waals surface area (Å²) in [7, 11) is 0. The van der Waals surface area contributed by atoms with Crippen LogP contribution in [0.25, 0.3) is 10.9 Å². The number of aryl methyl sites for hydroxylation is 1. The van der Waals surface area contributed by atoms with Gasteiger partial charge in [-0.05, 0) is 68.5 Å². The first kappa shape index (κ1) is 22.7. The number of carbonyl (C=O) groups excluding carboxylic acids is 1. The van der Waals surface area contributed by atoms with Gasteiger partial charge in [0, 0.05) is 23.0 Å². The van der Waals surface area contributed by atoms with Crippen LogP contribution in [0.5, 0.6) is 0 Å². The van der Waals surface area contributed by atoms with Crippen molar-refractivity contribution in [3.63, 3.8) is 0 Å². The second-order valence-corrected chi connectivity index (χ2v) is 8.45. The predicted molar refractivity (Wildman–Crippen MR) is 127 cm³/mol. The Morgan fingerprint density at radius 2 is 1.67 bits per heavy atom. The van der Waals surface area contributed by atoms with Gasteiger partial charge in [-0.15, -0.1) is 12.4 Å². The average Bonchev–Trinajstić information content (AvgIpc) is 2.71. The molecule has 1 aromatic heterocycles. The molecule has 3 aromatic rings. The molecule has 2 aromatic carbocycles. The first-order valence-corrected chi connectivity index (χ1v) is 10.6. The minimum atomic E-state index is -0.105. The van der Waals surface area contributed by atoms with Crippen molar-refractivity contribution in [2.45, 2.75) is 44.7 Å². The summed E-state index contributed by atoms with van der Waals surface area (Å²) in [5.74, 6) is 0.816. The van der Waals surface area contributed by atoms with E-state index >= 15 is 0 Å². The lowest BCUT2D eigenvalue weighted by Gasteiger charge is -2.30. The van der Waals surface area contributed by atoms with Crippen LogP contribution >= 0.6 is 35.6 Å². The van der Waals surface area contributed by atoms with Gasteiger partial charge >= 0.3 is 0 Å². The fourth-order valence-corrected chi connectivity index (χ4v) is 4.22. The number of pyridine rings is 1. The Labute approximate surface area is 192 Å². The van der Waals surface area contributed by atoms with E-state index in [2.05, 4.69) is 29.7 Å². The Balaban J connectivity index is 0.00000256. The molecule has 1 aliphatic rings. The molecule has 1 saturated carbocycles. The fraction of sp³-hybridized carbons (Fsp3) is 0.304. The predicted octanol–water partition coefficient (Wildman–Crippen LogP) is 6.42. The first-order chi connectivity index (χ1) is 14.0. The number of para-hydroxylation sites is 1. The van der Waals surface area contributed by atoms with Gasteiger partial charge in [-0.25, -0.2) is 4.98 Å². The molecule has 0 aliphatic heterocycles. The number of anilines is 1. The maximum absolute atomic E-state index is 12.5. The maximum atomic E-state index is 12.5. The molecule has 4 rings (SSSR count). The van der Waals surface area contributed by atoms with E-state index in [0.29, 0.717) is 21.7 Å². The minimum absolute atomic E-state index is 0. The third-order valence-corrected chi connectivity index (χ3v) is 6.26. The van der Waals surface area contributed by atoms with Crippen molar-refractivity contribution < 1.29 is 4.79 Å². The van der Waals surface area contributed by atoms with Gasteiger partial charge in [-0.2, -0.15) is 0 Å². The van der Waals surface area contributed by atoms with Crippen molar-refractivity contribution >= 4 is 58.2 Å². The summed E-state index contributed by atoms with van der Waals surface area (Å²) in [6.07, 6.45) is 3.83. The number of hydrogen-bond acceptors (Lipinski definition) is 3. The van der Waals surface area contributed by atoms with Crippen LogP contribution < -0.4 is 10.6 Å². The van der Waals surface area contributed by atoms with Gasteiger partial charge in [0.25, 0.3) is 5.91 Å². The largest absolute Gasteiger partial charge is 0.367 e. The Hall–Kier alpha value is -2.01. The van der Waals surface area contributed by atoms with E-state index in [1.165, 1.54) is 10.9 Å². The zero-order chi connectivity index (χ0) is 20.4. The van der Waals surface area contributed by atoms with E-state index in [-0.39, 0.29) is 24.4 Å². The summed E-state index contributed by atoms with van der Waals surface area (Å²) in [5.41, 5.74) is 2.77. The summed E-state index contributed by atoms with van der Waals surface area (Å²) in [6.45, 7) is 2.12. The lowest BCUT2D eigenvalue weighted by molar-refractivity contribution is 0.0926.